The number of hydrogen-bond acceptors (Lipinski definition) is 4. The van der Waals surface area contributed by atoms with Crippen LogP contribution in [0.3, 0.4) is 0 Å². The smallest absolute Gasteiger partial charge is 0.0640 e. The highest BCUT2D eigenvalue weighted by Crippen LogP contribution is 2.47. The Morgan fingerprint density at radius 2 is 0.500 bits per heavy atom. The van der Waals surface area contributed by atoms with Crippen LogP contribution in [0.5, 0.6) is 0 Å². The highest BCUT2D eigenvalue weighted by atomic mass is 32.1. The van der Waals surface area contributed by atoms with Crippen molar-refractivity contribution in [2.75, 3.05) is 9.80 Å². The number of fused-ring (bicyclic) bond motifs is 6. The Hall–Kier alpha value is -7.76. The van der Waals surface area contributed by atoms with Crippen LogP contribution in [0.15, 0.2) is 243 Å². The molecule has 0 aliphatic carbocycles. The van der Waals surface area contributed by atoms with Gasteiger partial charge in [-0.15, -0.1) is 22.7 Å². The summed E-state index contributed by atoms with van der Waals surface area (Å²) in [6.07, 6.45) is 0. The van der Waals surface area contributed by atoms with Crippen LogP contribution >= 0.6 is 22.7 Å². The monoisotopic (exact) mass is 852 g/mol. The van der Waals surface area contributed by atoms with E-state index in [4.69, 9.17) is 0 Å². The quantitative estimate of drug-likeness (QED) is 0.143. The molecule has 0 amide bonds. The van der Waals surface area contributed by atoms with Gasteiger partial charge in [-0.1, -0.05) is 170 Å². The molecule has 2 aromatic heterocycles. The first-order chi connectivity index (χ1) is 31.7. The van der Waals surface area contributed by atoms with E-state index in [1.54, 1.807) is 0 Å². The van der Waals surface area contributed by atoms with Crippen molar-refractivity contribution in [3.05, 3.63) is 243 Å². The minimum Gasteiger partial charge on any atom is -0.309 e. The molecule has 0 aliphatic heterocycles. The van der Waals surface area contributed by atoms with Crippen molar-refractivity contribution < 1.29 is 0 Å². The zero-order valence-corrected chi connectivity index (χ0v) is 36.4. The molecule has 64 heavy (non-hydrogen) atoms. The SMILES string of the molecule is c1ccc(-c2ccc(N(c3ccc(-c4ccc(N(c5ccc(-c6ccccc6)cc5)c5cccc6c5sc5ccccc56)cc4)cc3)c3cccc4c3sc3ccccc34)cc2)cc1. The van der Waals surface area contributed by atoms with Crippen LogP contribution in [-0.4, -0.2) is 0 Å². The van der Waals surface area contributed by atoms with Crippen LogP contribution in [0.25, 0.3) is 73.7 Å². The summed E-state index contributed by atoms with van der Waals surface area (Å²) in [4.78, 5) is 4.82. The van der Waals surface area contributed by atoms with Crippen LogP contribution in [0.1, 0.15) is 0 Å². The van der Waals surface area contributed by atoms with Crippen LogP contribution in [-0.2, 0) is 0 Å². The first-order valence-electron chi connectivity index (χ1n) is 21.7. The molecular weight excluding hydrogens is 813 g/mol. The van der Waals surface area contributed by atoms with Crippen molar-refractivity contribution in [3.63, 3.8) is 0 Å². The lowest BCUT2D eigenvalue weighted by Gasteiger charge is -2.27. The Kier molecular flexibility index (Phi) is 9.59. The van der Waals surface area contributed by atoms with Gasteiger partial charge in [0.1, 0.15) is 0 Å². The predicted octanol–water partition coefficient (Wildman–Crippen LogP) is 18.4. The van der Waals surface area contributed by atoms with Gasteiger partial charge in [0.15, 0.2) is 0 Å². The predicted molar refractivity (Wildman–Crippen MR) is 278 cm³/mol. The largest absolute Gasteiger partial charge is 0.309 e. The van der Waals surface area contributed by atoms with Crippen LogP contribution in [0.2, 0.25) is 0 Å². The third kappa shape index (κ3) is 6.81. The summed E-state index contributed by atoms with van der Waals surface area (Å²) >= 11 is 3.72. The molecule has 4 heteroatoms. The fourth-order valence-electron chi connectivity index (χ4n) is 9.14. The van der Waals surface area contributed by atoms with Crippen molar-refractivity contribution in [2.45, 2.75) is 0 Å². The standard InChI is InChI=1S/C60H40N2S2/c1-3-13-41(14-4-1)43-25-33-47(34-26-43)61(55-21-11-19-53-51-17-7-9-23-57(51)63-59(53)55)49-37-29-45(30-38-49)46-31-39-50(40-32-46)62(48-35-27-44(28-36-48)42-15-5-2-6-16-42)56-22-12-20-54-52-18-8-10-24-58(52)64-60(54)56/h1-40H. The van der Waals surface area contributed by atoms with Gasteiger partial charge in [0.2, 0.25) is 0 Å². The van der Waals surface area contributed by atoms with Crippen LogP contribution < -0.4 is 9.80 Å². The summed E-state index contributed by atoms with van der Waals surface area (Å²) in [5, 5.41) is 5.16. The summed E-state index contributed by atoms with van der Waals surface area (Å²) in [5.41, 5.74) is 14.0. The molecule has 0 fully saturated rings. The molecule has 0 N–H and O–H groups in total. The van der Waals surface area contributed by atoms with E-state index in [-0.39, 0.29) is 0 Å². The maximum atomic E-state index is 2.41. The van der Waals surface area contributed by atoms with Crippen molar-refractivity contribution in [2.24, 2.45) is 0 Å². The number of thiophene rings is 2. The van der Waals surface area contributed by atoms with Gasteiger partial charge >= 0.3 is 0 Å². The summed E-state index contributed by atoms with van der Waals surface area (Å²) in [6.45, 7) is 0. The second-order valence-electron chi connectivity index (χ2n) is 16.1. The maximum Gasteiger partial charge on any atom is 0.0640 e. The molecule has 302 valence electrons. The summed E-state index contributed by atoms with van der Waals surface area (Å²) < 4.78 is 5.15. The zero-order valence-electron chi connectivity index (χ0n) is 34.8. The van der Waals surface area contributed by atoms with E-state index in [1.807, 2.05) is 22.7 Å². The molecule has 2 heterocycles. The number of anilines is 6. The summed E-state index contributed by atoms with van der Waals surface area (Å²) in [5.74, 6) is 0. The van der Waals surface area contributed by atoms with Gasteiger partial charge < -0.3 is 9.80 Å². The minimum absolute atomic E-state index is 1.11. The average molecular weight is 853 g/mol. The molecule has 0 unspecified atom stereocenters. The number of rotatable bonds is 9. The highest BCUT2D eigenvalue weighted by molar-refractivity contribution is 7.26. The van der Waals surface area contributed by atoms with E-state index in [0.29, 0.717) is 0 Å². The van der Waals surface area contributed by atoms with E-state index >= 15 is 0 Å². The van der Waals surface area contributed by atoms with Crippen molar-refractivity contribution in [3.8, 4) is 33.4 Å². The van der Waals surface area contributed by atoms with Gasteiger partial charge in [0, 0.05) is 53.7 Å². The fourth-order valence-corrected chi connectivity index (χ4v) is 11.6. The molecule has 2 nitrogen and oxygen atoms in total. The molecule has 10 aromatic carbocycles. The van der Waals surface area contributed by atoms with E-state index in [9.17, 15) is 0 Å². The molecule has 0 saturated carbocycles. The highest BCUT2D eigenvalue weighted by Gasteiger charge is 2.20. The molecule has 12 aromatic rings. The van der Waals surface area contributed by atoms with Crippen LogP contribution in [0.4, 0.5) is 34.1 Å². The maximum absolute atomic E-state index is 2.41. The summed E-state index contributed by atoms with van der Waals surface area (Å²) in [6, 6.07) is 88.2. The van der Waals surface area contributed by atoms with Gasteiger partial charge in [-0.3, -0.25) is 0 Å². The zero-order chi connectivity index (χ0) is 42.4. The first-order valence-corrected chi connectivity index (χ1v) is 23.3. The first kappa shape index (κ1) is 38.0. The Bertz CT molecular complexity index is 3330. The average Bonchev–Trinajstić information content (AvgIpc) is 3.95. The Morgan fingerprint density at radius 1 is 0.219 bits per heavy atom. The lowest BCUT2D eigenvalue weighted by molar-refractivity contribution is 1.30. The lowest BCUT2D eigenvalue weighted by atomic mass is 10.0. The van der Waals surface area contributed by atoms with Crippen molar-refractivity contribution in [1.29, 1.82) is 0 Å². The number of nitrogens with zero attached hydrogens (tertiary/aromatic N) is 2. The molecule has 0 spiro atoms. The van der Waals surface area contributed by atoms with Gasteiger partial charge in [-0.05, 0) is 106 Å². The molecule has 0 bridgehead atoms. The molecular formula is C60H40N2S2. The lowest BCUT2D eigenvalue weighted by Crippen LogP contribution is -2.10. The van der Waals surface area contributed by atoms with E-state index in [1.165, 1.54) is 85.1 Å². The summed E-state index contributed by atoms with van der Waals surface area (Å²) in [7, 11) is 0. The van der Waals surface area contributed by atoms with Gasteiger partial charge in [0.05, 0.1) is 20.8 Å². The molecule has 0 aliphatic rings. The molecule has 0 saturated heterocycles. The Balaban J connectivity index is 0.922. The van der Waals surface area contributed by atoms with E-state index in [0.717, 1.165) is 22.7 Å². The second-order valence-corrected chi connectivity index (χ2v) is 18.2. The van der Waals surface area contributed by atoms with Gasteiger partial charge in [0.25, 0.3) is 0 Å². The normalized spacial score (nSPS) is 11.4. The van der Waals surface area contributed by atoms with Gasteiger partial charge in [-0.2, -0.15) is 0 Å². The molecule has 0 atom stereocenters. The molecule has 0 radical (unpaired) electrons. The molecule has 12 rings (SSSR count). The van der Waals surface area contributed by atoms with Crippen LogP contribution in [0, 0.1) is 0 Å². The number of benzene rings is 10. The van der Waals surface area contributed by atoms with E-state index < -0.39 is 0 Å². The Morgan fingerprint density at radius 3 is 0.844 bits per heavy atom. The minimum atomic E-state index is 1.11. The van der Waals surface area contributed by atoms with Crippen molar-refractivity contribution >= 4 is 97.1 Å². The number of hydrogen-bond donors (Lipinski definition) is 0. The fraction of sp³-hybridized carbons (Fsp3) is 0. The third-order valence-corrected chi connectivity index (χ3v) is 14.7. The topological polar surface area (TPSA) is 6.48 Å². The van der Waals surface area contributed by atoms with E-state index in [2.05, 4.69) is 252 Å². The van der Waals surface area contributed by atoms with Gasteiger partial charge in [-0.25, -0.2) is 0 Å². The third-order valence-electron chi connectivity index (χ3n) is 12.3. The Labute approximate surface area is 380 Å². The second kappa shape index (κ2) is 16.2. The van der Waals surface area contributed by atoms with Crippen molar-refractivity contribution in [1.82, 2.24) is 0 Å².